The Kier molecular flexibility index (Phi) is 5.35. The maximum atomic E-state index is 5.68. The molecule has 0 aliphatic rings. The highest BCUT2D eigenvalue weighted by molar-refractivity contribution is 9.10. The molecule has 0 radical (unpaired) electrons. The summed E-state index contributed by atoms with van der Waals surface area (Å²) < 4.78 is 6.48. The monoisotopic (exact) mass is 335 g/mol. The van der Waals surface area contributed by atoms with E-state index in [9.17, 15) is 0 Å². The minimum Gasteiger partial charge on any atom is -0.492 e. The highest BCUT2D eigenvalue weighted by Gasteiger charge is 2.01. The molecule has 0 aliphatic heterocycles. The third-order valence-electron chi connectivity index (χ3n) is 2.72. The fourth-order valence-electron chi connectivity index (χ4n) is 1.77. The Morgan fingerprint density at radius 2 is 2.10 bits per heavy atom. The van der Waals surface area contributed by atoms with Crippen LogP contribution < -0.4 is 10.1 Å². The molecule has 5 heteroatoms. The first kappa shape index (κ1) is 14.8. The average molecular weight is 336 g/mol. The van der Waals surface area contributed by atoms with Gasteiger partial charge in [-0.3, -0.25) is 0 Å². The van der Waals surface area contributed by atoms with Gasteiger partial charge in [-0.1, -0.05) is 19.1 Å². The van der Waals surface area contributed by atoms with Crippen LogP contribution in [0, 0.1) is 6.92 Å². The van der Waals surface area contributed by atoms with Crippen molar-refractivity contribution in [3.05, 3.63) is 46.3 Å². The Bertz CT molecular complexity index is 575. The maximum absolute atomic E-state index is 5.68. The Morgan fingerprint density at radius 3 is 2.85 bits per heavy atom. The molecule has 0 unspecified atom stereocenters. The molecule has 1 aromatic heterocycles. The van der Waals surface area contributed by atoms with E-state index in [1.807, 2.05) is 31.2 Å². The Balaban J connectivity index is 1.82. The average Bonchev–Trinajstić information content (AvgIpc) is 2.43. The number of hydrogen-bond acceptors (Lipinski definition) is 4. The van der Waals surface area contributed by atoms with Gasteiger partial charge in [0.15, 0.2) is 0 Å². The van der Waals surface area contributed by atoms with Gasteiger partial charge in [-0.2, -0.15) is 0 Å². The van der Waals surface area contributed by atoms with E-state index in [4.69, 9.17) is 4.74 Å². The lowest BCUT2D eigenvalue weighted by molar-refractivity contribution is 0.332. The molecule has 0 spiro atoms. The number of nitrogens with zero attached hydrogens (tertiary/aromatic N) is 2. The molecule has 0 fully saturated rings. The highest BCUT2D eigenvalue weighted by atomic mass is 79.9. The summed E-state index contributed by atoms with van der Waals surface area (Å²) in [5.41, 5.74) is 1.20. The predicted octanol–water partition coefficient (Wildman–Crippen LogP) is 3.60. The third-order valence-corrected chi connectivity index (χ3v) is 3.13. The molecule has 0 saturated carbocycles. The van der Waals surface area contributed by atoms with Crippen molar-refractivity contribution in [2.75, 3.05) is 18.5 Å². The second-order valence-electron chi connectivity index (χ2n) is 4.44. The molecule has 1 aromatic carbocycles. The van der Waals surface area contributed by atoms with Crippen LogP contribution in [0.25, 0.3) is 0 Å². The summed E-state index contributed by atoms with van der Waals surface area (Å²) in [6.07, 6.45) is 0.813. The first-order valence-electron chi connectivity index (χ1n) is 6.64. The van der Waals surface area contributed by atoms with Crippen LogP contribution >= 0.6 is 15.9 Å². The quantitative estimate of drug-likeness (QED) is 0.647. The number of aryl methyl sites for hydroxylation is 2. The molecular formula is C15H18BrN3O. The summed E-state index contributed by atoms with van der Waals surface area (Å²) in [7, 11) is 0. The summed E-state index contributed by atoms with van der Waals surface area (Å²) in [6.45, 7) is 5.37. The number of anilines is 1. The van der Waals surface area contributed by atoms with E-state index in [1.165, 1.54) is 5.56 Å². The molecule has 2 aromatic rings. The smallest absolute Gasteiger partial charge is 0.131 e. The van der Waals surface area contributed by atoms with Crippen LogP contribution in [0.15, 0.2) is 34.9 Å². The van der Waals surface area contributed by atoms with Gasteiger partial charge in [0.2, 0.25) is 0 Å². The second kappa shape index (κ2) is 7.24. The SMILES string of the molecule is CCc1nc(Br)cc(NCCOc2cccc(C)c2)n1. The molecule has 20 heavy (non-hydrogen) atoms. The van der Waals surface area contributed by atoms with Crippen LogP contribution in [-0.4, -0.2) is 23.1 Å². The zero-order chi connectivity index (χ0) is 14.4. The number of nitrogens with one attached hydrogen (secondary N) is 1. The fraction of sp³-hybridized carbons (Fsp3) is 0.333. The van der Waals surface area contributed by atoms with E-state index in [0.717, 1.165) is 28.4 Å². The van der Waals surface area contributed by atoms with Crippen molar-refractivity contribution in [3.63, 3.8) is 0 Å². The maximum Gasteiger partial charge on any atom is 0.131 e. The van der Waals surface area contributed by atoms with Gasteiger partial charge in [-0.05, 0) is 40.5 Å². The van der Waals surface area contributed by atoms with Crippen molar-refractivity contribution in [2.24, 2.45) is 0 Å². The van der Waals surface area contributed by atoms with Crippen molar-refractivity contribution < 1.29 is 4.74 Å². The van der Waals surface area contributed by atoms with Gasteiger partial charge in [0.25, 0.3) is 0 Å². The normalized spacial score (nSPS) is 10.3. The first-order chi connectivity index (χ1) is 9.67. The van der Waals surface area contributed by atoms with E-state index >= 15 is 0 Å². The Morgan fingerprint density at radius 1 is 1.25 bits per heavy atom. The van der Waals surface area contributed by atoms with Crippen LogP contribution in [0.2, 0.25) is 0 Å². The largest absolute Gasteiger partial charge is 0.492 e. The number of rotatable bonds is 6. The van der Waals surface area contributed by atoms with Gasteiger partial charge < -0.3 is 10.1 Å². The van der Waals surface area contributed by atoms with E-state index in [1.54, 1.807) is 0 Å². The summed E-state index contributed by atoms with van der Waals surface area (Å²) in [5, 5.41) is 3.24. The first-order valence-corrected chi connectivity index (χ1v) is 7.43. The van der Waals surface area contributed by atoms with E-state index in [-0.39, 0.29) is 0 Å². The molecule has 1 heterocycles. The molecule has 0 saturated heterocycles. The van der Waals surface area contributed by atoms with Gasteiger partial charge in [-0.15, -0.1) is 0 Å². The molecule has 0 amide bonds. The summed E-state index contributed by atoms with van der Waals surface area (Å²) in [6, 6.07) is 9.90. The van der Waals surface area contributed by atoms with Crippen molar-refractivity contribution >= 4 is 21.7 Å². The predicted molar refractivity (Wildman–Crippen MR) is 84.3 cm³/mol. The molecule has 2 rings (SSSR count). The zero-order valence-electron chi connectivity index (χ0n) is 11.7. The van der Waals surface area contributed by atoms with Crippen LogP contribution in [-0.2, 0) is 6.42 Å². The molecule has 0 bridgehead atoms. The minimum absolute atomic E-state index is 0.590. The van der Waals surface area contributed by atoms with E-state index in [0.29, 0.717) is 13.2 Å². The van der Waals surface area contributed by atoms with Crippen LogP contribution in [0.3, 0.4) is 0 Å². The minimum atomic E-state index is 0.590. The number of benzene rings is 1. The summed E-state index contributed by atoms with van der Waals surface area (Å²) in [4.78, 5) is 8.68. The van der Waals surface area contributed by atoms with E-state index in [2.05, 4.69) is 44.2 Å². The van der Waals surface area contributed by atoms with E-state index < -0.39 is 0 Å². The van der Waals surface area contributed by atoms with Gasteiger partial charge in [0.05, 0.1) is 6.54 Å². The van der Waals surface area contributed by atoms with Gasteiger partial charge >= 0.3 is 0 Å². The number of ether oxygens (including phenoxy) is 1. The van der Waals surface area contributed by atoms with Crippen molar-refractivity contribution in [3.8, 4) is 5.75 Å². The lowest BCUT2D eigenvalue weighted by Crippen LogP contribution is -2.13. The number of hydrogen-bond donors (Lipinski definition) is 1. The molecule has 0 aliphatic carbocycles. The van der Waals surface area contributed by atoms with Crippen molar-refractivity contribution in [1.29, 1.82) is 0 Å². The lowest BCUT2D eigenvalue weighted by Gasteiger charge is -2.09. The molecule has 106 valence electrons. The third kappa shape index (κ3) is 4.49. The highest BCUT2D eigenvalue weighted by Crippen LogP contribution is 2.14. The number of aromatic nitrogens is 2. The summed E-state index contributed by atoms with van der Waals surface area (Å²) in [5.74, 6) is 2.53. The zero-order valence-corrected chi connectivity index (χ0v) is 13.3. The van der Waals surface area contributed by atoms with Crippen molar-refractivity contribution in [1.82, 2.24) is 9.97 Å². The molecular weight excluding hydrogens is 318 g/mol. The number of halogens is 1. The van der Waals surface area contributed by atoms with Crippen LogP contribution in [0.4, 0.5) is 5.82 Å². The lowest BCUT2D eigenvalue weighted by atomic mass is 10.2. The fourth-order valence-corrected chi connectivity index (χ4v) is 2.19. The summed E-state index contributed by atoms with van der Waals surface area (Å²) >= 11 is 3.39. The topological polar surface area (TPSA) is 47.0 Å². The van der Waals surface area contributed by atoms with Gasteiger partial charge in [0.1, 0.15) is 28.6 Å². The Hall–Kier alpha value is -1.62. The van der Waals surface area contributed by atoms with Gasteiger partial charge in [0, 0.05) is 12.5 Å². The van der Waals surface area contributed by atoms with Gasteiger partial charge in [-0.25, -0.2) is 9.97 Å². The standard InChI is InChI=1S/C15H18BrN3O/c1-3-14-18-13(16)10-15(19-14)17-7-8-20-12-6-4-5-11(2)9-12/h4-6,9-10H,3,7-8H2,1-2H3,(H,17,18,19). The molecule has 0 atom stereocenters. The molecule has 1 N–H and O–H groups in total. The van der Waals surface area contributed by atoms with Crippen molar-refractivity contribution in [2.45, 2.75) is 20.3 Å². The van der Waals surface area contributed by atoms with Crippen LogP contribution in [0.5, 0.6) is 5.75 Å². The van der Waals surface area contributed by atoms with Crippen LogP contribution in [0.1, 0.15) is 18.3 Å². The second-order valence-corrected chi connectivity index (χ2v) is 5.25. The Labute approximate surface area is 127 Å². The molecule has 4 nitrogen and oxygen atoms in total.